The Bertz CT molecular complexity index is 1630. The van der Waals surface area contributed by atoms with Crippen LogP contribution >= 0.6 is 0 Å². The van der Waals surface area contributed by atoms with Crippen LogP contribution in [-0.2, 0) is 4.74 Å². The highest BCUT2D eigenvalue weighted by atomic mass is 19.1. The number of para-hydroxylation sites is 1. The minimum absolute atomic E-state index is 0.0767. The molecular formula is C27H25F2N9O3. The third kappa shape index (κ3) is 4.55. The zero-order chi connectivity index (χ0) is 28.1. The summed E-state index contributed by atoms with van der Waals surface area (Å²) in [5.74, 6) is -1.62. The van der Waals surface area contributed by atoms with E-state index in [9.17, 15) is 9.59 Å². The van der Waals surface area contributed by atoms with Crippen molar-refractivity contribution in [1.29, 1.82) is 0 Å². The molecule has 3 fully saturated rings. The number of benzene rings is 2. The van der Waals surface area contributed by atoms with Gasteiger partial charge in [0, 0.05) is 49.8 Å². The number of urea groups is 1. The molecule has 1 aliphatic carbocycles. The third-order valence-electron chi connectivity index (χ3n) is 7.68. The number of pyridine rings is 1. The van der Waals surface area contributed by atoms with Gasteiger partial charge < -0.3 is 15.0 Å². The Morgan fingerprint density at radius 1 is 1.12 bits per heavy atom. The molecule has 4 aromatic rings. The Hall–Kier alpha value is -4.85. The normalized spacial score (nSPS) is 22.2. The first-order valence-corrected chi connectivity index (χ1v) is 13.2. The van der Waals surface area contributed by atoms with Gasteiger partial charge in [0.1, 0.15) is 5.69 Å². The molecule has 2 N–H and O–H groups in total. The molecule has 0 bridgehead atoms. The number of nitrogens with one attached hydrogen (secondary N) is 2. The lowest BCUT2D eigenvalue weighted by molar-refractivity contribution is 0.118. The number of ether oxygens (including phenoxy) is 1. The van der Waals surface area contributed by atoms with Gasteiger partial charge in [0.2, 0.25) is 0 Å². The fraction of sp³-hybridized carbons (Fsp3) is 0.296. The van der Waals surface area contributed by atoms with Crippen LogP contribution in [0.1, 0.15) is 12.5 Å². The average Bonchev–Trinajstić information content (AvgIpc) is 3.28. The molecule has 2 aromatic heterocycles. The van der Waals surface area contributed by atoms with Gasteiger partial charge in [-0.25, -0.2) is 28.5 Å². The molecule has 3 amide bonds. The monoisotopic (exact) mass is 561 g/mol. The SMILES string of the molecule is O=C(Nc1cnc2ccccc2c1)N1CCN(c2c(F)cc(N3C[C@]4(C[C@@H]4n4ccnn4)OC3=O)cc2F)CCN1. The Labute approximate surface area is 232 Å². The number of fused-ring (bicyclic) bond motifs is 1. The molecule has 12 nitrogen and oxygen atoms in total. The standard InChI is InChI=1S/C27H25F2N9O3/c28-20-12-19(36-16-27(41-26(36)40)14-23(27)37-8-5-31-34-37)13-21(29)24(20)35-7-6-32-38(10-9-35)25(39)33-18-11-17-3-1-2-4-22(17)30-15-18/h1-5,8,11-13,15,23,32H,6-7,9-10,14,16H2,(H,33,39)/t23-,27-/m0/s1. The van der Waals surface area contributed by atoms with Crippen LogP contribution < -0.4 is 20.5 Å². The van der Waals surface area contributed by atoms with E-state index in [1.54, 1.807) is 17.1 Å². The van der Waals surface area contributed by atoms with Crippen molar-refractivity contribution in [2.75, 3.05) is 47.8 Å². The minimum Gasteiger partial charge on any atom is -0.438 e. The average molecular weight is 562 g/mol. The third-order valence-corrected chi connectivity index (χ3v) is 7.68. The number of halogens is 2. The highest BCUT2D eigenvalue weighted by molar-refractivity contribution is 5.92. The van der Waals surface area contributed by atoms with Crippen LogP contribution in [0.2, 0.25) is 0 Å². The number of hydrogen-bond donors (Lipinski definition) is 2. The van der Waals surface area contributed by atoms with Crippen molar-refractivity contribution in [1.82, 2.24) is 30.4 Å². The number of aromatic nitrogens is 4. The highest BCUT2D eigenvalue weighted by Crippen LogP contribution is 2.54. The van der Waals surface area contributed by atoms with Gasteiger partial charge >= 0.3 is 12.1 Å². The molecule has 0 unspecified atom stereocenters. The van der Waals surface area contributed by atoms with Crippen LogP contribution in [0.4, 0.5) is 35.4 Å². The van der Waals surface area contributed by atoms with E-state index in [2.05, 4.69) is 26.0 Å². The maximum Gasteiger partial charge on any atom is 0.415 e. The first-order chi connectivity index (χ1) is 19.9. The topological polar surface area (TPSA) is 121 Å². The number of carbonyl (C=O) groups is 2. The van der Waals surface area contributed by atoms with E-state index in [1.165, 1.54) is 21.0 Å². The van der Waals surface area contributed by atoms with Crippen LogP contribution in [0.15, 0.2) is 61.1 Å². The van der Waals surface area contributed by atoms with Crippen molar-refractivity contribution in [2.45, 2.75) is 18.1 Å². The molecule has 7 rings (SSSR count). The lowest BCUT2D eigenvalue weighted by Crippen LogP contribution is -2.46. The molecule has 2 aromatic carbocycles. The zero-order valence-corrected chi connectivity index (χ0v) is 21.7. The van der Waals surface area contributed by atoms with Crippen molar-refractivity contribution in [3.05, 3.63) is 72.7 Å². The fourth-order valence-electron chi connectivity index (χ4n) is 5.53. The number of hydrazine groups is 1. The van der Waals surface area contributed by atoms with Crippen molar-refractivity contribution in [3.63, 3.8) is 0 Å². The summed E-state index contributed by atoms with van der Waals surface area (Å²) in [4.78, 5) is 32.7. The minimum atomic E-state index is -0.808. The summed E-state index contributed by atoms with van der Waals surface area (Å²) in [6, 6.07) is 11.1. The maximum absolute atomic E-state index is 15.4. The molecule has 2 aliphatic heterocycles. The molecule has 2 saturated heterocycles. The van der Waals surface area contributed by atoms with Gasteiger partial charge in [-0.2, -0.15) is 0 Å². The Balaban J connectivity index is 1.02. The molecule has 1 saturated carbocycles. The molecule has 210 valence electrons. The smallest absolute Gasteiger partial charge is 0.415 e. The first kappa shape index (κ1) is 25.1. The number of rotatable bonds is 4. The van der Waals surface area contributed by atoms with E-state index in [-0.39, 0.29) is 50.1 Å². The highest BCUT2D eigenvalue weighted by Gasteiger charge is 2.65. The second kappa shape index (κ2) is 9.66. The molecule has 2 atom stereocenters. The van der Waals surface area contributed by atoms with E-state index in [0.717, 1.165) is 23.0 Å². The molecule has 41 heavy (non-hydrogen) atoms. The number of anilines is 3. The number of nitrogens with zero attached hydrogens (tertiary/aromatic N) is 7. The summed E-state index contributed by atoms with van der Waals surface area (Å²) in [7, 11) is 0. The van der Waals surface area contributed by atoms with E-state index in [4.69, 9.17) is 4.74 Å². The summed E-state index contributed by atoms with van der Waals surface area (Å²) in [5, 5.41) is 12.8. The van der Waals surface area contributed by atoms with E-state index >= 15 is 8.78 Å². The van der Waals surface area contributed by atoms with Crippen LogP contribution in [0.5, 0.6) is 0 Å². The predicted molar refractivity (Wildman–Crippen MR) is 144 cm³/mol. The van der Waals surface area contributed by atoms with Gasteiger partial charge in [-0.1, -0.05) is 23.4 Å². The van der Waals surface area contributed by atoms with E-state index in [0.29, 0.717) is 12.1 Å². The lowest BCUT2D eigenvalue weighted by Gasteiger charge is -2.25. The van der Waals surface area contributed by atoms with Crippen molar-refractivity contribution in [2.24, 2.45) is 0 Å². The summed E-state index contributed by atoms with van der Waals surface area (Å²) >= 11 is 0. The second-order valence-corrected chi connectivity index (χ2v) is 10.3. The van der Waals surface area contributed by atoms with Gasteiger partial charge in [0.15, 0.2) is 17.2 Å². The van der Waals surface area contributed by atoms with Gasteiger partial charge in [-0.3, -0.25) is 14.9 Å². The van der Waals surface area contributed by atoms with Crippen molar-refractivity contribution in [3.8, 4) is 0 Å². The molecule has 14 heteroatoms. The molecule has 1 spiro atoms. The van der Waals surface area contributed by atoms with Crippen LogP contribution in [-0.4, -0.2) is 75.4 Å². The Kier molecular flexibility index (Phi) is 5.92. The zero-order valence-electron chi connectivity index (χ0n) is 21.7. The van der Waals surface area contributed by atoms with Gasteiger partial charge in [-0.15, -0.1) is 5.10 Å². The van der Waals surface area contributed by atoms with E-state index in [1.807, 2.05) is 30.3 Å². The van der Waals surface area contributed by atoms with Crippen molar-refractivity contribution >= 4 is 40.1 Å². The van der Waals surface area contributed by atoms with Gasteiger partial charge in [0.25, 0.3) is 0 Å². The second-order valence-electron chi connectivity index (χ2n) is 10.3. The summed E-state index contributed by atoms with van der Waals surface area (Å²) in [5.41, 5.74) is 3.42. The maximum atomic E-state index is 15.4. The van der Waals surface area contributed by atoms with Crippen LogP contribution in [0.3, 0.4) is 0 Å². The predicted octanol–water partition coefficient (Wildman–Crippen LogP) is 3.30. The lowest BCUT2D eigenvalue weighted by atomic mass is 10.2. The number of amides is 3. The molecule has 3 aliphatic rings. The molecule has 4 heterocycles. The van der Waals surface area contributed by atoms with Crippen LogP contribution in [0.25, 0.3) is 10.9 Å². The molecular weight excluding hydrogens is 536 g/mol. The first-order valence-electron chi connectivity index (χ1n) is 13.2. The Morgan fingerprint density at radius 2 is 1.95 bits per heavy atom. The number of hydrogen-bond acceptors (Lipinski definition) is 8. The summed E-state index contributed by atoms with van der Waals surface area (Å²) < 4.78 is 38.0. The van der Waals surface area contributed by atoms with Crippen molar-refractivity contribution < 1.29 is 23.1 Å². The Morgan fingerprint density at radius 3 is 2.76 bits per heavy atom. The van der Waals surface area contributed by atoms with Crippen LogP contribution in [0, 0.1) is 11.6 Å². The molecule has 0 radical (unpaired) electrons. The van der Waals surface area contributed by atoms with Gasteiger partial charge in [0.05, 0.1) is 48.4 Å². The van der Waals surface area contributed by atoms with Gasteiger partial charge in [-0.05, 0) is 12.1 Å². The quantitative estimate of drug-likeness (QED) is 0.390. The summed E-state index contributed by atoms with van der Waals surface area (Å²) in [6.45, 7) is 1.02. The van der Waals surface area contributed by atoms with E-state index < -0.39 is 29.4 Å². The number of carbonyl (C=O) groups excluding carboxylic acids is 2. The fourth-order valence-corrected chi connectivity index (χ4v) is 5.53. The summed E-state index contributed by atoms with van der Waals surface area (Å²) in [6.07, 6.45) is 4.68. The largest absolute Gasteiger partial charge is 0.438 e.